The van der Waals surface area contributed by atoms with Gasteiger partial charge < -0.3 is 15.5 Å². The van der Waals surface area contributed by atoms with Gasteiger partial charge in [-0.1, -0.05) is 29.2 Å². The number of thioether (sulfide) groups is 1. The third-order valence-electron chi connectivity index (χ3n) is 4.12. The van der Waals surface area contributed by atoms with Crippen molar-refractivity contribution in [3.8, 4) is 0 Å². The van der Waals surface area contributed by atoms with Crippen molar-refractivity contribution in [1.82, 2.24) is 15.5 Å². The highest BCUT2D eigenvalue weighted by molar-refractivity contribution is 8.01. The number of urea groups is 1. The predicted octanol–water partition coefficient (Wildman–Crippen LogP) is 3.67. The fourth-order valence-corrected chi connectivity index (χ4v) is 4.61. The first-order valence-electron chi connectivity index (χ1n) is 8.46. The lowest BCUT2D eigenvalue weighted by Gasteiger charge is -2.22. The van der Waals surface area contributed by atoms with E-state index in [-0.39, 0.29) is 6.03 Å². The molecule has 2 amide bonds. The molecule has 134 valence electrons. The second-order valence-corrected chi connectivity index (χ2v) is 8.48. The number of rotatable bonds is 6. The monoisotopic (exact) mass is 377 g/mol. The van der Waals surface area contributed by atoms with Gasteiger partial charge in [-0.3, -0.25) is 0 Å². The molecule has 0 spiro atoms. The van der Waals surface area contributed by atoms with E-state index in [9.17, 15) is 4.79 Å². The van der Waals surface area contributed by atoms with Gasteiger partial charge in [-0.2, -0.15) is 0 Å². The van der Waals surface area contributed by atoms with Gasteiger partial charge >= 0.3 is 6.03 Å². The molecule has 0 radical (unpaired) electrons. The highest BCUT2D eigenvalue weighted by Crippen LogP contribution is 2.29. The Balaban J connectivity index is 1.48. The molecule has 0 aliphatic carbocycles. The van der Waals surface area contributed by atoms with Crippen LogP contribution >= 0.6 is 23.1 Å². The van der Waals surface area contributed by atoms with E-state index in [4.69, 9.17) is 0 Å². The summed E-state index contributed by atoms with van der Waals surface area (Å²) in [5, 5.41) is 14.9. The molecular formula is C17H23N5OS2. The third kappa shape index (κ3) is 4.85. The largest absolute Gasteiger partial charge is 0.371 e. The third-order valence-corrected chi connectivity index (χ3v) is 6.09. The van der Waals surface area contributed by atoms with Crippen molar-refractivity contribution in [3.05, 3.63) is 28.8 Å². The molecule has 1 aromatic carbocycles. The zero-order valence-corrected chi connectivity index (χ0v) is 16.2. The fraction of sp³-hybridized carbons (Fsp3) is 0.471. The summed E-state index contributed by atoms with van der Waals surface area (Å²) < 4.78 is 0.939. The summed E-state index contributed by atoms with van der Waals surface area (Å²) >= 11 is 3.18. The Bertz CT molecular complexity index is 728. The number of benzene rings is 1. The fourth-order valence-electron chi connectivity index (χ4n) is 2.87. The van der Waals surface area contributed by atoms with E-state index in [1.807, 2.05) is 19.1 Å². The van der Waals surface area contributed by atoms with Crippen LogP contribution in [0.15, 0.2) is 22.5 Å². The first kappa shape index (κ1) is 18.0. The molecule has 2 heterocycles. The van der Waals surface area contributed by atoms with Gasteiger partial charge in [-0.25, -0.2) is 4.79 Å². The molecule has 0 unspecified atom stereocenters. The molecule has 0 saturated carbocycles. The summed E-state index contributed by atoms with van der Waals surface area (Å²) in [5.41, 5.74) is 3.21. The van der Waals surface area contributed by atoms with Crippen molar-refractivity contribution in [1.29, 1.82) is 0 Å². The maximum absolute atomic E-state index is 12.1. The molecule has 25 heavy (non-hydrogen) atoms. The van der Waals surface area contributed by atoms with E-state index in [0.29, 0.717) is 6.54 Å². The Morgan fingerprint density at radius 1 is 1.28 bits per heavy atom. The minimum Gasteiger partial charge on any atom is -0.371 e. The van der Waals surface area contributed by atoms with E-state index < -0.39 is 0 Å². The average Bonchev–Trinajstić information content (AvgIpc) is 3.25. The van der Waals surface area contributed by atoms with E-state index in [0.717, 1.165) is 39.4 Å². The van der Waals surface area contributed by atoms with Crippen LogP contribution in [0.25, 0.3) is 0 Å². The van der Waals surface area contributed by atoms with E-state index in [1.54, 1.807) is 23.1 Å². The molecule has 3 rings (SSSR count). The summed E-state index contributed by atoms with van der Waals surface area (Å²) in [7, 11) is 0. The van der Waals surface area contributed by atoms with Crippen LogP contribution in [0.5, 0.6) is 0 Å². The van der Waals surface area contributed by atoms with Crippen molar-refractivity contribution in [3.63, 3.8) is 0 Å². The lowest BCUT2D eigenvalue weighted by Crippen LogP contribution is -2.31. The Labute approximate surface area is 156 Å². The number of amides is 2. The van der Waals surface area contributed by atoms with Crippen molar-refractivity contribution >= 4 is 40.5 Å². The zero-order valence-electron chi connectivity index (χ0n) is 14.5. The van der Waals surface area contributed by atoms with Crippen LogP contribution in [-0.4, -0.2) is 41.6 Å². The number of hydrogen-bond donors (Lipinski definition) is 2. The number of nitrogens with zero attached hydrogens (tertiary/aromatic N) is 3. The minimum atomic E-state index is -0.171. The zero-order chi connectivity index (χ0) is 17.6. The van der Waals surface area contributed by atoms with Crippen molar-refractivity contribution in [2.75, 3.05) is 35.6 Å². The molecule has 1 aromatic heterocycles. The Morgan fingerprint density at radius 2 is 2.08 bits per heavy atom. The Kier molecular flexibility index (Phi) is 6.14. The molecule has 2 N–H and O–H groups in total. The smallest absolute Gasteiger partial charge is 0.319 e. The molecule has 0 atom stereocenters. The number of aryl methyl sites for hydroxylation is 1. The average molecular weight is 378 g/mol. The molecule has 1 fully saturated rings. The van der Waals surface area contributed by atoms with Crippen LogP contribution in [-0.2, 0) is 0 Å². The SMILES string of the molecule is Cc1nnc(SCCNC(=O)Nc2cccc(N3CCCC3)c2C)s1. The second-order valence-electron chi connectivity index (χ2n) is 5.96. The van der Waals surface area contributed by atoms with Gasteiger partial charge in [0, 0.05) is 36.8 Å². The van der Waals surface area contributed by atoms with Crippen LogP contribution < -0.4 is 15.5 Å². The van der Waals surface area contributed by atoms with E-state index in [1.165, 1.54) is 18.5 Å². The number of aromatic nitrogens is 2. The summed E-state index contributed by atoms with van der Waals surface area (Å²) in [5.74, 6) is 0.773. The quantitative estimate of drug-likeness (QED) is 0.594. The maximum Gasteiger partial charge on any atom is 0.319 e. The molecule has 1 aliphatic rings. The lowest BCUT2D eigenvalue weighted by molar-refractivity contribution is 0.252. The topological polar surface area (TPSA) is 70.1 Å². The molecule has 8 heteroatoms. The highest BCUT2D eigenvalue weighted by atomic mass is 32.2. The van der Waals surface area contributed by atoms with Gasteiger partial charge in [0.15, 0.2) is 4.34 Å². The molecule has 1 aliphatic heterocycles. The van der Waals surface area contributed by atoms with Crippen LogP contribution in [0.1, 0.15) is 23.4 Å². The van der Waals surface area contributed by atoms with Gasteiger partial charge in [0.1, 0.15) is 5.01 Å². The first-order valence-corrected chi connectivity index (χ1v) is 10.3. The first-order chi connectivity index (χ1) is 12.1. The van der Waals surface area contributed by atoms with Gasteiger partial charge in [0.25, 0.3) is 0 Å². The van der Waals surface area contributed by atoms with Crippen molar-refractivity contribution < 1.29 is 4.79 Å². The summed E-state index contributed by atoms with van der Waals surface area (Å²) in [6.45, 7) is 6.78. The van der Waals surface area contributed by atoms with Gasteiger partial charge in [-0.15, -0.1) is 10.2 Å². The van der Waals surface area contributed by atoms with Gasteiger partial charge in [-0.05, 0) is 44.4 Å². The number of hydrogen-bond acceptors (Lipinski definition) is 6. The number of carbonyl (C=O) groups excluding carboxylic acids is 1. The molecule has 2 aromatic rings. The minimum absolute atomic E-state index is 0.171. The number of nitrogens with one attached hydrogen (secondary N) is 2. The van der Waals surface area contributed by atoms with Gasteiger partial charge in [0.2, 0.25) is 0 Å². The predicted molar refractivity (Wildman–Crippen MR) is 105 cm³/mol. The Morgan fingerprint density at radius 3 is 2.80 bits per heavy atom. The molecule has 6 nitrogen and oxygen atoms in total. The summed E-state index contributed by atoms with van der Waals surface area (Å²) in [6, 6.07) is 5.91. The molecular weight excluding hydrogens is 354 g/mol. The van der Waals surface area contributed by atoms with E-state index in [2.05, 4.69) is 38.7 Å². The van der Waals surface area contributed by atoms with Gasteiger partial charge in [0.05, 0.1) is 0 Å². The van der Waals surface area contributed by atoms with Crippen LogP contribution in [0, 0.1) is 13.8 Å². The van der Waals surface area contributed by atoms with E-state index >= 15 is 0 Å². The highest BCUT2D eigenvalue weighted by Gasteiger charge is 2.16. The van der Waals surface area contributed by atoms with Crippen LogP contribution in [0.2, 0.25) is 0 Å². The lowest BCUT2D eigenvalue weighted by atomic mass is 10.1. The maximum atomic E-state index is 12.1. The second kappa shape index (κ2) is 8.53. The van der Waals surface area contributed by atoms with Crippen LogP contribution in [0.4, 0.5) is 16.2 Å². The van der Waals surface area contributed by atoms with Crippen LogP contribution in [0.3, 0.4) is 0 Å². The van der Waals surface area contributed by atoms with Crippen molar-refractivity contribution in [2.45, 2.75) is 31.0 Å². The molecule has 1 saturated heterocycles. The normalized spacial score (nSPS) is 13.9. The molecule has 0 bridgehead atoms. The summed E-state index contributed by atoms with van der Waals surface area (Å²) in [4.78, 5) is 14.5. The number of carbonyl (C=O) groups is 1. The Hall–Kier alpha value is -1.80. The number of anilines is 2. The van der Waals surface area contributed by atoms with Crippen molar-refractivity contribution in [2.24, 2.45) is 0 Å². The standard InChI is InChI=1S/C17H23N5OS2/c1-12-14(6-5-7-15(12)22-9-3-4-10-22)19-16(23)18-8-11-24-17-21-20-13(2)25-17/h5-7H,3-4,8-11H2,1-2H3,(H2,18,19,23). The summed E-state index contributed by atoms with van der Waals surface area (Å²) in [6.07, 6.45) is 2.48.